The molecule has 1 atom stereocenters. The van der Waals surface area contributed by atoms with Gasteiger partial charge in [0.2, 0.25) is 5.91 Å². The summed E-state index contributed by atoms with van der Waals surface area (Å²) in [6.07, 6.45) is -0.0256. The van der Waals surface area contributed by atoms with Crippen LogP contribution in [0.4, 0.5) is 4.39 Å². The van der Waals surface area contributed by atoms with Crippen LogP contribution in [0, 0.1) is 0 Å². The predicted molar refractivity (Wildman–Crippen MR) is 44.6 cm³/mol. The van der Waals surface area contributed by atoms with Gasteiger partial charge in [0.25, 0.3) is 0 Å². The Labute approximate surface area is 71.9 Å². The van der Waals surface area contributed by atoms with Crippen molar-refractivity contribution in [3.05, 3.63) is 0 Å². The number of hydrogen-bond acceptors (Lipinski definition) is 2. The van der Waals surface area contributed by atoms with E-state index in [1.807, 2.05) is 4.90 Å². The normalized spacial score (nSPS) is 24.3. The molecule has 4 heteroatoms. The van der Waals surface area contributed by atoms with E-state index in [2.05, 4.69) is 5.32 Å². The first-order valence-corrected chi connectivity index (χ1v) is 4.29. The van der Waals surface area contributed by atoms with Crippen LogP contribution in [0.25, 0.3) is 0 Å². The molecule has 0 saturated carbocycles. The molecule has 0 aliphatic carbocycles. The number of nitrogens with zero attached hydrogens (tertiary/aromatic N) is 1. The second kappa shape index (κ2) is 4.40. The average Bonchev–Trinajstić information content (AvgIpc) is 2.35. The molecular formula is C8H15FN2O. The molecule has 1 amide bonds. The van der Waals surface area contributed by atoms with Gasteiger partial charge in [0.15, 0.2) is 0 Å². The van der Waals surface area contributed by atoms with E-state index in [1.54, 1.807) is 0 Å². The molecular weight excluding hydrogens is 159 g/mol. The van der Waals surface area contributed by atoms with Crippen molar-refractivity contribution < 1.29 is 9.18 Å². The Morgan fingerprint density at radius 3 is 3.00 bits per heavy atom. The van der Waals surface area contributed by atoms with Crippen molar-refractivity contribution in [2.24, 2.45) is 0 Å². The maximum atomic E-state index is 12.6. The number of alkyl halides is 1. The van der Waals surface area contributed by atoms with Gasteiger partial charge in [-0.15, -0.1) is 0 Å². The minimum atomic E-state index is -0.665. The van der Waals surface area contributed by atoms with Gasteiger partial charge in [0.05, 0.1) is 0 Å². The van der Waals surface area contributed by atoms with Crippen molar-refractivity contribution in [3.8, 4) is 0 Å². The lowest BCUT2D eigenvalue weighted by Gasteiger charge is -2.13. The molecule has 1 fully saturated rings. The number of nitrogens with one attached hydrogen (secondary N) is 1. The summed E-state index contributed by atoms with van der Waals surface area (Å²) in [7, 11) is 0. The minimum absolute atomic E-state index is 0.0222. The molecule has 1 N–H and O–H groups in total. The summed E-state index contributed by atoms with van der Waals surface area (Å²) < 4.78 is 12.6. The molecule has 1 unspecified atom stereocenters. The average molecular weight is 174 g/mol. The molecule has 1 saturated heterocycles. The van der Waals surface area contributed by atoms with E-state index in [1.165, 1.54) is 6.92 Å². The summed E-state index contributed by atoms with van der Waals surface area (Å²) in [5.74, 6) is -0.0222. The highest BCUT2D eigenvalue weighted by Gasteiger charge is 2.20. The number of rotatable bonds is 3. The fourth-order valence-electron chi connectivity index (χ4n) is 1.38. The number of halogens is 1. The van der Waals surface area contributed by atoms with Gasteiger partial charge >= 0.3 is 0 Å². The first-order valence-electron chi connectivity index (χ1n) is 4.29. The fourth-order valence-corrected chi connectivity index (χ4v) is 1.38. The largest absolute Gasteiger partial charge is 0.355 e. The summed E-state index contributed by atoms with van der Waals surface area (Å²) in [4.78, 5) is 12.5. The molecule has 70 valence electrons. The lowest BCUT2D eigenvalue weighted by atomic mass is 10.3. The van der Waals surface area contributed by atoms with Crippen molar-refractivity contribution in [2.45, 2.75) is 19.5 Å². The Kier molecular flexibility index (Phi) is 3.47. The highest BCUT2D eigenvalue weighted by molar-refractivity contribution is 5.72. The van der Waals surface area contributed by atoms with Crippen molar-refractivity contribution in [1.82, 2.24) is 10.2 Å². The molecule has 1 aliphatic rings. The van der Waals surface area contributed by atoms with Crippen LogP contribution in [0.1, 0.15) is 13.3 Å². The van der Waals surface area contributed by atoms with E-state index in [-0.39, 0.29) is 5.91 Å². The molecule has 1 rings (SSSR count). The smallest absolute Gasteiger partial charge is 0.216 e. The van der Waals surface area contributed by atoms with Gasteiger partial charge in [0, 0.05) is 33.1 Å². The minimum Gasteiger partial charge on any atom is -0.355 e. The van der Waals surface area contributed by atoms with Gasteiger partial charge in [-0.3, -0.25) is 9.69 Å². The van der Waals surface area contributed by atoms with Crippen LogP contribution in [-0.2, 0) is 4.79 Å². The standard InChI is InChI=1S/C8H15FN2O/c1-7(12)10-3-5-11-4-2-8(9)6-11/h8H,2-6H2,1H3,(H,10,12). The summed E-state index contributed by atoms with van der Waals surface area (Å²) >= 11 is 0. The lowest BCUT2D eigenvalue weighted by Crippen LogP contribution is -2.32. The molecule has 0 spiro atoms. The van der Waals surface area contributed by atoms with E-state index in [0.29, 0.717) is 19.5 Å². The van der Waals surface area contributed by atoms with Crippen LogP contribution in [0.2, 0.25) is 0 Å². The van der Waals surface area contributed by atoms with Crippen LogP contribution in [0.5, 0.6) is 0 Å². The number of carbonyl (C=O) groups is 1. The molecule has 0 aromatic carbocycles. The predicted octanol–water partition coefficient (Wildman–Crippen LogP) is 0.166. The summed E-state index contributed by atoms with van der Waals surface area (Å²) in [6.45, 7) is 4.23. The molecule has 0 aromatic rings. The maximum Gasteiger partial charge on any atom is 0.216 e. The second-order valence-electron chi connectivity index (χ2n) is 3.17. The Hall–Kier alpha value is -0.640. The zero-order valence-electron chi connectivity index (χ0n) is 7.35. The summed E-state index contributed by atoms with van der Waals surface area (Å²) in [5.41, 5.74) is 0. The molecule has 0 radical (unpaired) electrons. The third kappa shape index (κ3) is 3.17. The van der Waals surface area contributed by atoms with E-state index < -0.39 is 6.17 Å². The van der Waals surface area contributed by atoms with Crippen LogP contribution in [0.15, 0.2) is 0 Å². The monoisotopic (exact) mass is 174 g/mol. The third-order valence-corrected chi connectivity index (χ3v) is 2.02. The molecule has 12 heavy (non-hydrogen) atoms. The van der Waals surface area contributed by atoms with Crippen LogP contribution in [0.3, 0.4) is 0 Å². The van der Waals surface area contributed by atoms with Gasteiger partial charge in [-0.1, -0.05) is 0 Å². The number of hydrogen-bond donors (Lipinski definition) is 1. The molecule has 0 bridgehead atoms. The van der Waals surface area contributed by atoms with Crippen molar-refractivity contribution in [1.29, 1.82) is 0 Å². The maximum absolute atomic E-state index is 12.6. The van der Waals surface area contributed by atoms with Crippen LogP contribution >= 0.6 is 0 Å². The van der Waals surface area contributed by atoms with Gasteiger partial charge in [-0.2, -0.15) is 0 Å². The van der Waals surface area contributed by atoms with E-state index >= 15 is 0 Å². The highest BCUT2D eigenvalue weighted by Crippen LogP contribution is 2.10. The first kappa shape index (κ1) is 9.45. The molecule has 1 aliphatic heterocycles. The lowest BCUT2D eigenvalue weighted by molar-refractivity contribution is -0.119. The summed E-state index contributed by atoms with van der Waals surface area (Å²) in [6, 6.07) is 0. The third-order valence-electron chi connectivity index (χ3n) is 2.02. The quantitative estimate of drug-likeness (QED) is 0.661. The van der Waals surface area contributed by atoms with E-state index in [4.69, 9.17) is 0 Å². The van der Waals surface area contributed by atoms with Crippen molar-refractivity contribution >= 4 is 5.91 Å². The Morgan fingerprint density at radius 2 is 2.50 bits per heavy atom. The van der Waals surface area contributed by atoms with Gasteiger partial charge in [-0.05, 0) is 6.42 Å². The van der Waals surface area contributed by atoms with Gasteiger partial charge in [-0.25, -0.2) is 4.39 Å². The topological polar surface area (TPSA) is 32.3 Å². The summed E-state index contributed by atoms with van der Waals surface area (Å²) in [5, 5.41) is 2.68. The first-order chi connectivity index (χ1) is 5.68. The zero-order valence-corrected chi connectivity index (χ0v) is 7.35. The fraction of sp³-hybridized carbons (Fsp3) is 0.875. The second-order valence-corrected chi connectivity index (χ2v) is 3.17. The number of carbonyl (C=O) groups excluding carboxylic acids is 1. The highest BCUT2D eigenvalue weighted by atomic mass is 19.1. The van der Waals surface area contributed by atoms with Crippen molar-refractivity contribution in [3.63, 3.8) is 0 Å². The zero-order chi connectivity index (χ0) is 8.97. The van der Waals surface area contributed by atoms with Gasteiger partial charge in [0.1, 0.15) is 6.17 Å². The number of likely N-dealkylation sites (tertiary alicyclic amines) is 1. The van der Waals surface area contributed by atoms with E-state index in [0.717, 1.165) is 13.1 Å². The Morgan fingerprint density at radius 1 is 1.75 bits per heavy atom. The SMILES string of the molecule is CC(=O)NCCN1CCC(F)C1. The molecule has 1 heterocycles. The number of amides is 1. The molecule has 3 nitrogen and oxygen atoms in total. The Balaban J connectivity index is 2.04. The van der Waals surface area contributed by atoms with Crippen LogP contribution < -0.4 is 5.32 Å². The van der Waals surface area contributed by atoms with Crippen molar-refractivity contribution in [2.75, 3.05) is 26.2 Å². The molecule has 0 aromatic heterocycles. The Bertz CT molecular complexity index is 163. The van der Waals surface area contributed by atoms with E-state index in [9.17, 15) is 9.18 Å². The van der Waals surface area contributed by atoms with Crippen LogP contribution in [-0.4, -0.2) is 43.2 Å². The van der Waals surface area contributed by atoms with Gasteiger partial charge < -0.3 is 5.32 Å².